The first kappa shape index (κ1) is 23.3. The molecule has 0 radical (unpaired) electrons. The van der Waals surface area contributed by atoms with E-state index in [0.717, 1.165) is 5.56 Å². The summed E-state index contributed by atoms with van der Waals surface area (Å²) in [6.07, 6.45) is 0. The number of ether oxygens (including phenoxy) is 1. The molecule has 1 saturated heterocycles. The Balaban J connectivity index is 1.39. The number of anilines is 1. The number of thioether (sulfide) groups is 1. The molecule has 1 aromatic heterocycles. The molecule has 0 unspecified atom stereocenters. The van der Waals surface area contributed by atoms with E-state index in [1.54, 1.807) is 29.2 Å². The molecule has 172 valence electrons. The van der Waals surface area contributed by atoms with Crippen LogP contribution >= 0.6 is 23.4 Å². The van der Waals surface area contributed by atoms with Crippen molar-refractivity contribution in [3.05, 3.63) is 59.1 Å². The number of amides is 2. The average Bonchev–Trinajstić information content (AvgIpc) is 3.26. The summed E-state index contributed by atoms with van der Waals surface area (Å²) >= 11 is 7.61. The number of hydrogen-bond acceptors (Lipinski definition) is 6. The van der Waals surface area contributed by atoms with Crippen molar-refractivity contribution in [2.24, 2.45) is 0 Å². The van der Waals surface area contributed by atoms with Crippen LogP contribution in [-0.2, 0) is 16.1 Å². The van der Waals surface area contributed by atoms with Gasteiger partial charge in [0.05, 0.1) is 24.0 Å². The molecule has 0 saturated carbocycles. The molecule has 2 aromatic carbocycles. The zero-order valence-electron chi connectivity index (χ0n) is 18.2. The minimum Gasteiger partial charge on any atom is -0.378 e. The maximum Gasteiger partial charge on any atom is 0.254 e. The van der Waals surface area contributed by atoms with Crippen molar-refractivity contribution < 1.29 is 14.3 Å². The number of hydrogen-bond donors (Lipinski definition) is 1. The highest BCUT2D eigenvalue weighted by Gasteiger charge is 2.19. The highest BCUT2D eigenvalue weighted by Crippen LogP contribution is 2.29. The monoisotopic (exact) mass is 485 g/mol. The Morgan fingerprint density at radius 1 is 1.12 bits per heavy atom. The van der Waals surface area contributed by atoms with Gasteiger partial charge in [-0.05, 0) is 37.3 Å². The predicted octanol–water partition coefficient (Wildman–Crippen LogP) is 3.82. The highest BCUT2D eigenvalue weighted by atomic mass is 35.5. The van der Waals surface area contributed by atoms with Crippen molar-refractivity contribution >= 4 is 40.9 Å². The average molecular weight is 486 g/mol. The number of aromatic nitrogens is 3. The van der Waals surface area contributed by atoms with Crippen LogP contribution in [0, 0.1) is 0 Å². The van der Waals surface area contributed by atoms with Crippen molar-refractivity contribution in [1.82, 2.24) is 19.7 Å². The zero-order chi connectivity index (χ0) is 23.2. The molecule has 2 heterocycles. The van der Waals surface area contributed by atoms with Gasteiger partial charge in [0.2, 0.25) is 5.91 Å². The molecule has 1 aliphatic rings. The molecule has 33 heavy (non-hydrogen) atoms. The second-order valence-electron chi connectivity index (χ2n) is 7.35. The lowest BCUT2D eigenvalue weighted by molar-refractivity contribution is -0.113. The quantitative estimate of drug-likeness (QED) is 0.512. The van der Waals surface area contributed by atoms with Gasteiger partial charge in [0.1, 0.15) is 0 Å². The fourth-order valence-electron chi connectivity index (χ4n) is 3.53. The molecule has 2 amide bonds. The van der Waals surface area contributed by atoms with Crippen molar-refractivity contribution in [2.45, 2.75) is 18.6 Å². The van der Waals surface area contributed by atoms with E-state index in [-0.39, 0.29) is 17.6 Å². The van der Waals surface area contributed by atoms with Crippen LogP contribution in [0.25, 0.3) is 11.4 Å². The largest absolute Gasteiger partial charge is 0.378 e. The third-order valence-electron chi connectivity index (χ3n) is 5.17. The number of halogens is 1. The topological polar surface area (TPSA) is 89.4 Å². The summed E-state index contributed by atoms with van der Waals surface area (Å²) < 4.78 is 7.23. The Morgan fingerprint density at radius 3 is 2.67 bits per heavy atom. The van der Waals surface area contributed by atoms with E-state index in [4.69, 9.17) is 16.3 Å². The van der Waals surface area contributed by atoms with Gasteiger partial charge in [-0.3, -0.25) is 9.59 Å². The normalized spacial score (nSPS) is 13.7. The van der Waals surface area contributed by atoms with Gasteiger partial charge in [0.15, 0.2) is 11.0 Å². The van der Waals surface area contributed by atoms with Crippen LogP contribution in [0.5, 0.6) is 0 Å². The first-order valence-corrected chi connectivity index (χ1v) is 12.0. The first-order chi connectivity index (χ1) is 16.1. The summed E-state index contributed by atoms with van der Waals surface area (Å²) in [7, 11) is 0. The number of nitrogens with one attached hydrogen (secondary N) is 1. The second-order valence-corrected chi connectivity index (χ2v) is 8.70. The van der Waals surface area contributed by atoms with Crippen LogP contribution in [0.3, 0.4) is 0 Å². The molecule has 0 atom stereocenters. The molecule has 1 aliphatic heterocycles. The number of nitrogens with zero attached hydrogens (tertiary/aromatic N) is 4. The van der Waals surface area contributed by atoms with Crippen LogP contribution in [0.2, 0.25) is 5.02 Å². The van der Waals surface area contributed by atoms with Gasteiger partial charge in [-0.1, -0.05) is 41.6 Å². The van der Waals surface area contributed by atoms with Gasteiger partial charge < -0.3 is 19.5 Å². The zero-order valence-corrected chi connectivity index (χ0v) is 19.7. The van der Waals surface area contributed by atoms with Crippen molar-refractivity contribution in [3.63, 3.8) is 0 Å². The number of carbonyl (C=O) groups excluding carboxylic acids is 2. The van der Waals surface area contributed by atoms with Gasteiger partial charge in [-0.25, -0.2) is 0 Å². The van der Waals surface area contributed by atoms with Gasteiger partial charge >= 0.3 is 0 Å². The minimum atomic E-state index is -0.194. The Morgan fingerprint density at radius 2 is 1.91 bits per heavy atom. The third kappa shape index (κ3) is 5.55. The fraction of sp³-hybridized carbons (Fsp3) is 0.304. The van der Waals surface area contributed by atoms with E-state index in [9.17, 15) is 9.59 Å². The lowest BCUT2D eigenvalue weighted by atomic mass is 10.1. The van der Waals surface area contributed by atoms with Crippen LogP contribution < -0.4 is 5.32 Å². The van der Waals surface area contributed by atoms with Crippen LogP contribution in [0.1, 0.15) is 17.3 Å². The van der Waals surface area contributed by atoms with E-state index in [0.29, 0.717) is 60.1 Å². The van der Waals surface area contributed by atoms with E-state index < -0.39 is 0 Å². The molecule has 4 rings (SSSR count). The Labute approximate surface area is 201 Å². The molecular formula is C23H24ClN5O3S. The molecule has 10 heteroatoms. The lowest BCUT2D eigenvalue weighted by Gasteiger charge is -2.27. The minimum absolute atomic E-state index is 0.0630. The molecule has 8 nitrogen and oxygen atoms in total. The predicted molar refractivity (Wildman–Crippen MR) is 129 cm³/mol. The van der Waals surface area contributed by atoms with Crippen molar-refractivity contribution in [1.29, 1.82) is 0 Å². The Kier molecular flexibility index (Phi) is 7.64. The van der Waals surface area contributed by atoms with E-state index in [2.05, 4.69) is 15.5 Å². The van der Waals surface area contributed by atoms with Gasteiger partial charge in [-0.15, -0.1) is 10.2 Å². The van der Waals surface area contributed by atoms with E-state index in [1.165, 1.54) is 11.8 Å². The number of carbonyl (C=O) groups is 2. The Hall–Kier alpha value is -2.88. The summed E-state index contributed by atoms with van der Waals surface area (Å²) in [5, 5.41) is 12.6. The molecule has 0 bridgehead atoms. The summed E-state index contributed by atoms with van der Waals surface area (Å²) in [5.41, 5.74) is 1.91. The number of benzene rings is 2. The molecular weight excluding hydrogens is 462 g/mol. The van der Waals surface area contributed by atoms with Crippen LogP contribution in [0.15, 0.2) is 53.7 Å². The van der Waals surface area contributed by atoms with Crippen LogP contribution in [0.4, 0.5) is 5.69 Å². The Bertz CT molecular complexity index is 1150. The van der Waals surface area contributed by atoms with E-state index >= 15 is 0 Å². The van der Waals surface area contributed by atoms with Gasteiger partial charge in [0.25, 0.3) is 5.91 Å². The highest BCUT2D eigenvalue weighted by molar-refractivity contribution is 7.99. The van der Waals surface area contributed by atoms with Crippen LogP contribution in [-0.4, -0.2) is 63.5 Å². The standard InChI is InChI=1S/C23H24ClN5O3S/c1-2-29-21(18-8-3-4-9-19(18)24)26-27-23(29)33-15-20(30)25-17-7-5-6-16(14-17)22(31)28-10-12-32-13-11-28/h3-9,14H,2,10-13,15H2,1H3,(H,25,30). The number of morpholine rings is 1. The molecule has 3 aromatic rings. The molecule has 1 N–H and O–H groups in total. The maximum atomic E-state index is 12.7. The summed E-state index contributed by atoms with van der Waals surface area (Å²) in [6, 6.07) is 14.4. The second kappa shape index (κ2) is 10.8. The fourth-order valence-corrected chi connectivity index (χ4v) is 4.55. The molecule has 0 spiro atoms. The maximum absolute atomic E-state index is 12.7. The molecule has 0 aliphatic carbocycles. The van der Waals surface area contributed by atoms with Gasteiger partial charge in [0, 0.05) is 36.4 Å². The SMILES string of the molecule is CCn1c(SCC(=O)Nc2cccc(C(=O)N3CCOCC3)c2)nnc1-c1ccccc1Cl. The third-order valence-corrected chi connectivity index (χ3v) is 6.47. The van der Waals surface area contributed by atoms with Crippen molar-refractivity contribution in [2.75, 3.05) is 37.4 Å². The summed E-state index contributed by atoms with van der Waals surface area (Å²) in [5.74, 6) is 0.565. The smallest absolute Gasteiger partial charge is 0.254 e. The van der Waals surface area contributed by atoms with E-state index in [1.807, 2.05) is 35.8 Å². The number of rotatable bonds is 7. The van der Waals surface area contributed by atoms with Gasteiger partial charge in [-0.2, -0.15) is 0 Å². The first-order valence-electron chi connectivity index (χ1n) is 10.6. The molecule has 1 fully saturated rings. The van der Waals surface area contributed by atoms with Crippen molar-refractivity contribution in [3.8, 4) is 11.4 Å². The summed E-state index contributed by atoms with van der Waals surface area (Å²) in [4.78, 5) is 27.0. The summed E-state index contributed by atoms with van der Waals surface area (Å²) in [6.45, 7) is 4.86. The lowest BCUT2D eigenvalue weighted by Crippen LogP contribution is -2.40.